The molecule has 5 aliphatic carbocycles. The van der Waals surface area contributed by atoms with Crippen LogP contribution in [0.25, 0.3) is 0 Å². The molecule has 0 amide bonds. The normalized spacial score (nSPS) is 48.8. The van der Waals surface area contributed by atoms with E-state index in [1.807, 2.05) is 0 Å². The first kappa shape index (κ1) is 10.2. The molecule has 0 heterocycles. The summed E-state index contributed by atoms with van der Waals surface area (Å²) in [5.41, 5.74) is 6.81. The predicted octanol–water partition coefficient (Wildman–Crippen LogP) is 4.33. The molecule has 7 rings (SSSR count). The molecule has 0 N–H and O–H groups in total. The summed E-state index contributed by atoms with van der Waals surface area (Å²) in [4.78, 5) is 0. The lowest BCUT2D eigenvalue weighted by Gasteiger charge is -2.80. The van der Waals surface area contributed by atoms with Gasteiger partial charge in [-0.15, -0.1) is 0 Å². The Morgan fingerprint density at radius 3 is 1.90 bits per heavy atom. The van der Waals surface area contributed by atoms with Gasteiger partial charge in [-0.3, -0.25) is 0 Å². The van der Waals surface area contributed by atoms with Crippen molar-refractivity contribution in [3.05, 3.63) is 70.8 Å². The Hall–Kier alpha value is -1.56. The SMILES string of the molecule is c1ccc2c(c1)CC1[C@H]3[C@H]([C@H]4[C@H]5c6ccccc6[C@H]5[C@@H]34)[C@H]21. The van der Waals surface area contributed by atoms with Crippen LogP contribution in [0.15, 0.2) is 48.5 Å². The van der Waals surface area contributed by atoms with Gasteiger partial charge < -0.3 is 0 Å². The van der Waals surface area contributed by atoms with Crippen molar-refractivity contribution in [3.8, 4) is 0 Å². The summed E-state index contributed by atoms with van der Waals surface area (Å²) in [5, 5.41) is 0. The van der Waals surface area contributed by atoms with E-state index in [-0.39, 0.29) is 0 Å². The van der Waals surface area contributed by atoms with Crippen molar-refractivity contribution in [1.29, 1.82) is 0 Å². The van der Waals surface area contributed by atoms with Crippen molar-refractivity contribution in [2.45, 2.75) is 24.2 Å². The Bertz CT molecular complexity index is 797. The molecule has 3 fully saturated rings. The summed E-state index contributed by atoms with van der Waals surface area (Å²) in [7, 11) is 0. The van der Waals surface area contributed by atoms with Crippen LogP contribution in [0.3, 0.4) is 0 Å². The van der Waals surface area contributed by atoms with E-state index in [4.69, 9.17) is 0 Å². The maximum atomic E-state index is 2.43. The summed E-state index contributed by atoms with van der Waals surface area (Å²) < 4.78 is 0. The van der Waals surface area contributed by atoms with E-state index >= 15 is 0 Å². The Balaban J connectivity index is 1.31. The molecule has 1 unspecified atom stereocenters. The quantitative estimate of drug-likeness (QED) is 0.494. The molecule has 0 bridgehead atoms. The fraction of sp³-hybridized carbons (Fsp3) is 0.429. The third-order valence-corrected chi connectivity index (χ3v) is 7.95. The fourth-order valence-corrected chi connectivity index (χ4v) is 7.42. The van der Waals surface area contributed by atoms with Crippen molar-refractivity contribution >= 4 is 0 Å². The Morgan fingerprint density at radius 2 is 1.14 bits per heavy atom. The predicted molar refractivity (Wildman–Crippen MR) is 82.3 cm³/mol. The Kier molecular flexibility index (Phi) is 1.45. The number of hydrogen-bond donors (Lipinski definition) is 0. The first-order chi connectivity index (χ1) is 10.4. The van der Waals surface area contributed by atoms with E-state index in [9.17, 15) is 0 Å². The van der Waals surface area contributed by atoms with Crippen LogP contribution in [0.2, 0.25) is 0 Å². The van der Waals surface area contributed by atoms with Gasteiger partial charge in [0, 0.05) is 0 Å². The lowest BCUT2D eigenvalue weighted by atomic mass is 9.23. The highest BCUT2D eigenvalue weighted by atomic mass is 14.8. The van der Waals surface area contributed by atoms with Gasteiger partial charge in [0.25, 0.3) is 0 Å². The zero-order chi connectivity index (χ0) is 13.3. The lowest BCUT2D eigenvalue weighted by Crippen LogP contribution is -2.74. The van der Waals surface area contributed by atoms with Crippen molar-refractivity contribution < 1.29 is 0 Å². The number of fused-ring (bicyclic) bond motifs is 15. The standard InChI is InChI=1S/C21H18/c1-2-6-11-10(5-1)9-14-15(11)19-18(14)20-16-12-7-3-4-8-13(12)17(16)21(19)20/h1-8,14-21H,9H2/t14?,15-,16-,17+,18+,19-,20+,21-/m1/s1. The highest BCUT2D eigenvalue weighted by Crippen LogP contribution is 2.86. The van der Waals surface area contributed by atoms with Crippen LogP contribution >= 0.6 is 0 Å². The van der Waals surface area contributed by atoms with Gasteiger partial charge in [-0.1, -0.05) is 48.5 Å². The molecule has 0 spiro atoms. The third kappa shape index (κ3) is 0.853. The number of benzene rings is 2. The van der Waals surface area contributed by atoms with Gasteiger partial charge in [0.1, 0.15) is 0 Å². The minimum absolute atomic E-state index is 0.932. The molecule has 0 nitrogen and oxygen atoms in total. The summed E-state index contributed by atoms with van der Waals surface area (Å²) in [6, 6.07) is 18.6. The lowest BCUT2D eigenvalue weighted by molar-refractivity contribution is -0.254. The summed E-state index contributed by atoms with van der Waals surface area (Å²) in [6.45, 7) is 0. The molecule has 0 heteroatoms. The van der Waals surface area contributed by atoms with Crippen LogP contribution in [0.1, 0.15) is 40.0 Å². The first-order valence-electron chi connectivity index (χ1n) is 8.62. The van der Waals surface area contributed by atoms with Crippen LogP contribution in [0.5, 0.6) is 0 Å². The monoisotopic (exact) mass is 270 g/mol. The van der Waals surface area contributed by atoms with E-state index in [2.05, 4.69) is 48.5 Å². The average Bonchev–Trinajstić information content (AvgIpc) is 2.80. The summed E-state index contributed by atoms with van der Waals surface area (Å²) in [6.07, 6.45) is 1.38. The van der Waals surface area contributed by atoms with Gasteiger partial charge >= 0.3 is 0 Å². The fourth-order valence-electron chi connectivity index (χ4n) is 7.42. The molecule has 0 radical (unpaired) electrons. The van der Waals surface area contributed by atoms with E-state index in [0.29, 0.717) is 0 Å². The summed E-state index contributed by atoms with van der Waals surface area (Å²) >= 11 is 0. The molecule has 2 aromatic rings. The van der Waals surface area contributed by atoms with E-state index in [1.165, 1.54) is 6.42 Å². The van der Waals surface area contributed by atoms with Gasteiger partial charge in [-0.2, -0.15) is 0 Å². The molecular formula is C21H18. The zero-order valence-electron chi connectivity index (χ0n) is 11.9. The highest BCUT2D eigenvalue weighted by molar-refractivity contribution is 5.56. The van der Waals surface area contributed by atoms with Crippen LogP contribution in [0.4, 0.5) is 0 Å². The molecule has 5 aliphatic rings. The second kappa shape index (κ2) is 2.97. The Labute approximate surface area is 125 Å². The molecular weight excluding hydrogens is 252 g/mol. The molecule has 21 heavy (non-hydrogen) atoms. The maximum Gasteiger partial charge on any atom is -0.00530 e. The van der Waals surface area contributed by atoms with Crippen molar-refractivity contribution in [2.75, 3.05) is 0 Å². The smallest absolute Gasteiger partial charge is 0.00530 e. The Morgan fingerprint density at radius 1 is 0.571 bits per heavy atom. The van der Waals surface area contributed by atoms with Crippen molar-refractivity contribution in [2.24, 2.45) is 29.6 Å². The number of rotatable bonds is 0. The van der Waals surface area contributed by atoms with E-state index < -0.39 is 0 Å². The van der Waals surface area contributed by atoms with Gasteiger partial charge in [-0.05, 0) is 76.0 Å². The maximum absolute atomic E-state index is 2.43. The summed E-state index contributed by atoms with van der Waals surface area (Å²) in [5.74, 6) is 8.05. The van der Waals surface area contributed by atoms with Crippen LogP contribution in [-0.2, 0) is 6.42 Å². The molecule has 3 saturated carbocycles. The molecule has 0 saturated heterocycles. The minimum atomic E-state index is 0.932. The van der Waals surface area contributed by atoms with Gasteiger partial charge in [-0.25, -0.2) is 0 Å². The van der Waals surface area contributed by atoms with E-state index in [0.717, 1.165) is 47.3 Å². The zero-order valence-corrected chi connectivity index (χ0v) is 11.9. The number of hydrogen-bond acceptors (Lipinski definition) is 0. The first-order valence-corrected chi connectivity index (χ1v) is 8.62. The topological polar surface area (TPSA) is 0 Å². The second-order valence-corrected chi connectivity index (χ2v) is 8.08. The minimum Gasteiger partial charge on any atom is -0.0620 e. The average molecular weight is 270 g/mol. The van der Waals surface area contributed by atoms with Gasteiger partial charge in [0.15, 0.2) is 0 Å². The largest absolute Gasteiger partial charge is 0.0620 e. The van der Waals surface area contributed by atoms with Crippen molar-refractivity contribution in [1.82, 2.24) is 0 Å². The molecule has 0 aromatic heterocycles. The highest BCUT2D eigenvalue weighted by Gasteiger charge is 2.78. The van der Waals surface area contributed by atoms with Crippen LogP contribution < -0.4 is 0 Å². The van der Waals surface area contributed by atoms with Crippen LogP contribution in [-0.4, -0.2) is 0 Å². The third-order valence-electron chi connectivity index (χ3n) is 7.95. The molecule has 8 atom stereocenters. The second-order valence-electron chi connectivity index (χ2n) is 8.08. The van der Waals surface area contributed by atoms with Crippen molar-refractivity contribution in [3.63, 3.8) is 0 Å². The van der Waals surface area contributed by atoms with Gasteiger partial charge in [0.05, 0.1) is 0 Å². The van der Waals surface area contributed by atoms with Gasteiger partial charge in [0.2, 0.25) is 0 Å². The molecule has 0 aliphatic heterocycles. The van der Waals surface area contributed by atoms with Crippen LogP contribution in [0, 0.1) is 29.6 Å². The molecule has 102 valence electrons. The molecule has 2 aromatic carbocycles. The van der Waals surface area contributed by atoms with E-state index in [1.54, 1.807) is 22.3 Å².